The number of rotatable bonds is 3. The second kappa shape index (κ2) is 6.36. The molecule has 3 rings (SSSR count). The summed E-state index contributed by atoms with van der Waals surface area (Å²) >= 11 is 0. The summed E-state index contributed by atoms with van der Waals surface area (Å²) in [5.41, 5.74) is 1.48. The number of aliphatic hydroxyl groups excluding tert-OH is 3. The second-order valence-corrected chi connectivity index (χ2v) is 5.72. The second-order valence-electron chi connectivity index (χ2n) is 5.72. The molecule has 0 spiro atoms. The number of hydrogen-bond donors (Lipinski definition) is 5. The van der Waals surface area contributed by atoms with Crippen LogP contribution in [-0.4, -0.2) is 63.0 Å². The highest BCUT2D eigenvalue weighted by molar-refractivity contribution is 5.94. The van der Waals surface area contributed by atoms with E-state index >= 15 is 0 Å². The van der Waals surface area contributed by atoms with Gasteiger partial charge in [-0.3, -0.25) is 4.79 Å². The van der Waals surface area contributed by atoms with E-state index in [1.165, 1.54) is 6.07 Å². The number of carbonyl (C=O) groups is 2. The highest BCUT2D eigenvalue weighted by Gasteiger charge is 2.48. The smallest absolute Gasteiger partial charge is 0.335 e. The van der Waals surface area contributed by atoms with Gasteiger partial charge in [-0.25, -0.2) is 4.79 Å². The van der Waals surface area contributed by atoms with E-state index in [4.69, 9.17) is 14.6 Å². The van der Waals surface area contributed by atoms with Crippen molar-refractivity contribution in [2.75, 3.05) is 5.32 Å². The lowest BCUT2D eigenvalue weighted by molar-refractivity contribution is -0.271. The average Bonchev–Trinajstić information content (AvgIpc) is 2.55. The number of carbonyl (C=O) groups excluding carboxylic acids is 1. The maximum absolute atomic E-state index is 11.3. The molecule has 24 heavy (non-hydrogen) atoms. The van der Waals surface area contributed by atoms with Gasteiger partial charge in [0.2, 0.25) is 12.2 Å². The summed E-state index contributed by atoms with van der Waals surface area (Å²) in [5.74, 6) is -1.28. The van der Waals surface area contributed by atoms with Gasteiger partial charge in [0.05, 0.1) is 0 Å². The Bertz CT molecular complexity index is 663. The first kappa shape index (κ1) is 16.7. The van der Waals surface area contributed by atoms with Crippen LogP contribution in [0, 0.1) is 0 Å². The lowest BCUT2D eigenvalue weighted by atomic mass is 9.99. The Morgan fingerprint density at radius 1 is 1.17 bits per heavy atom. The number of ether oxygens (including phenoxy) is 2. The van der Waals surface area contributed by atoms with Crippen molar-refractivity contribution >= 4 is 17.6 Å². The summed E-state index contributed by atoms with van der Waals surface area (Å²) in [6.45, 7) is 0. The van der Waals surface area contributed by atoms with Gasteiger partial charge in [0.1, 0.15) is 24.1 Å². The third-order valence-corrected chi connectivity index (χ3v) is 4.04. The number of nitrogens with one attached hydrogen (secondary N) is 1. The highest BCUT2D eigenvalue weighted by atomic mass is 16.7. The topological polar surface area (TPSA) is 146 Å². The summed E-state index contributed by atoms with van der Waals surface area (Å²) in [4.78, 5) is 22.4. The number of amides is 1. The van der Waals surface area contributed by atoms with E-state index in [1.807, 2.05) is 0 Å². The maximum atomic E-state index is 11.3. The van der Waals surface area contributed by atoms with Gasteiger partial charge in [0, 0.05) is 12.1 Å². The Labute approximate surface area is 136 Å². The zero-order valence-corrected chi connectivity index (χ0v) is 12.5. The number of aryl methyl sites for hydroxylation is 1. The molecule has 9 nitrogen and oxygen atoms in total. The van der Waals surface area contributed by atoms with Gasteiger partial charge in [0.25, 0.3) is 0 Å². The van der Waals surface area contributed by atoms with Gasteiger partial charge in [-0.05, 0) is 30.2 Å². The minimum Gasteiger partial charge on any atom is -0.479 e. The Kier molecular flexibility index (Phi) is 4.41. The quantitative estimate of drug-likeness (QED) is 0.464. The van der Waals surface area contributed by atoms with Crippen molar-refractivity contribution in [3.05, 3.63) is 23.8 Å². The average molecular weight is 339 g/mol. The van der Waals surface area contributed by atoms with Crippen molar-refractivity contribution in [3.63, 3.8) is 0 Å². The molecule has 2 heterocycles. The molecule has 9 heteroatoms. The monoisotopic (exact) mass is 339 g/mol. The molecule has 1 saturated heterocycles. The first-order valence-electron chi connectivity index (χ1n) is 7.38. The van der Waals surface area contributed by atoms with Crippen molar-refractivity contribution in [3.8, 4) is 5.75 Å². The molecule has 0 aromatic heterocycles. The van der Waals surface area contributed by atoms with E-state index in [-0.39, 0.29) is 11.7 Å². The van der Waals surface area contributed by atoms with E-state index in [9.17, 15) is 24.9 Å². The van der Waals surface area contributed by atoms with Crippen molar-refractivity contribution in [2.24, 2.45) is 0 Å². The molecule has 1 aromatic rings. The molecule has 0 bridgehead atoms. The lowest BCUT2D eigenvalue weighted by Crippen LogP contribution is -2.61. The van der Waals surface area contributed by atoms with Crippen LogP contribution in [0.1, 0.15) is 12.0 Å². The highest BCUT2D eigenvalue weighted by Crippen LogP contribution is 2.29. The number of carboxylic acids is 1. The molecule has 5 unspecified atom stereocenters. The summed E-state index contributed by atoms with van der Waals surface area (Å²) < 4.78 is 10.5. The van der Waals surface area contributed by atoms with Crippen LogP contribution in [0.4, 0.5) is 5.69 Å². The SMILES string of the molecule is O=C1CCc2cc(OC3OC(C(=O)O)C(O)C(O)C3O)ccc2N1. The fourth-order valence-corrected chi connectivity index (χ4v) is 2.72. The van der Waals surface area contributed by atoms with E-state index in [0.717, 1.165) is 5.56 Å². The largest absolute Gasteiger partial charge is 0.479 e. The third kappa shape index (κ3) is 3.06. The molecule has 5 atom stereocenters. The van der Waals surface area contributed by atoms with E-state index in [0.29, 0.717) is 18.5 Å². The van der Waals surface area contributed by atoms with Crippen LogP contribution in [0.5, 0.6) is 5.75 Å². The molecule has 5 N–H and O–H groups in total. The van der Waals surface area contributed by atoms with E-state index < -0.39 is 36.7 Å². The normalized spacial score (nSPS) is 32.6. The van der Waals surface area contributed by atoms with Crippen LogP contribution in [0.25, 0.3) is 0 Å². The fourth-order valence-electron chi connectivity index (χ4n) is 2.72. The van der Waals surface area contributed by atoms with Gasteiger partial charge >= 0.3 is 5.97 Å². The molecule has 1 fully saturated rings. The van der Waals surface area contributed by atoms with Gasteiger partial charge < -0.3 is 35.2 Å². The summed E-state index contributed by atoms with van der Waals surface area (Å²) in [7, 11) is 0. The zero-order chi connectivity index (χ0) is 17.4. The molecule has 1 aromatic carbocycles. The predicted molar refractivity (Wildman–Crippen MR) is 78.3 cm³/mol. The molecular formula is C15H17NO8. The number of benzene rings is 1. The molecule has 1 amide bonds. The number of anilines is 1. The first-order chi connectivity index (χ1) is 11.4. The van der Waals surface area contributed by atoms with Crippen molar-refractivity contribution in [2.45, 2.75) is 43.5 Å². The van der Waals surface area contributed by atoms with Gasteiger partial charge in [-0.15, -0.1) is 0 Å². The molecule has 2 aliphatic heterocycles. The number of hydrogen-bond acceptors (Lipinski definition) is 7. The third-order valence-electron chi connectivity index (χ3n) is 4.04. The molecule has 2 aliphatic rings. The lowest BCUT2D eigenvalue weighted by Gasteiger charge is -2.38. The van der Waals surface area contributed by atoms with Gasteiger partial charge in [-0.1, -0.05) is 0 Å². The Morgan fingerprint density at radius 3 is 2.62 bits per heavy atom. The maximum Gasteiger partial charge on any atom is 0.335 e. The molecule has 0 aliphatic carbocycles. The van der Waals surface area contributed by atoms with Gasteiger partial charge in [0.15, 0.2) is 6.10 Å². The van der Waals surface area contributed by atoms with E-state index in [2.05, 4.69) is 5.32 Å². The number of aliphatic carboxylic acids is 1. The van der Waals surface area contributed by atoms with Crippen LogP contribution < -0.4 is 10.1 Å². The van der Waals surface area contributed by atoms with Crippen molar-refractivity contribution in [1.29, 1.82) is 0 Å². The van der Waals surface area contributed by atoms with Crippen LogP contribution in [0.15, 0.2) is 18.2 Å². The molecule has 0 saturated carbocycles. The zero-order valence-electron chi connectivity index (χ0n) is 12.5. The number of aliphatic hydroxyl groups is 3. The minimum atomic E-state index is -1.77. The Hall–Kier alpha value is -2.20. The van der Waals surface area contributed by atoms with E-state index in [1.54, 1.807) is 12.1 Å². The Morgan fingerprint density at radius 2 is 1.92 bits per heavy atom. The van der Waals surface area contributed by atoms with Crippen LogP contribution in [0.2, 0.25) is 0 Å². The molecule has 130 valence electrons. The number of fused-ring (bicyclic) bond motifs is 1. The van der Waals surface area contributed by atoms with Gasteiger partial charge in [-0.2, -0.15) is 0 Å². The van der Waals surface area contributed by atoms with Crippen LogP contribution in [-0.2, 0) is 20.7 Å². The summed E-state index contributed by atoms with van der Waals surface area (Å²) in [6, 6.07) is 4.78. The number of carboxylic acid groups (broad SMARTS) is 1. The summed E-state index contributed by atoms with van der Waals surface area (Å²) in [6.07, 6.45) is -7.42. The molecule has 0 radical (unpaired) electrons. The van der Waals surface area contributed by atoms with Crippen LogP contribution in [0.3, 0.4) is 0 Å². The fraction of sp³-hybridized carbons (Fsp3) is 0.467. The van der Waals surface area contributed by atoms with Crippen molar-refractivity contribution < 1.29 is 39.5 Å². The minimum absolute atomic E-state index is 0.0800. The van der Waals surface area contributed by atoms with Crippen molar-refractivity contribution in [1.82, 2.24) is 0 Å². The predicted octanol–water partition coefficient (Wildman–Crippen LogP) is -1.16. The first-order valence-corrected chi connectivity index (χ1v) is 7.38. The van der Waals surface area contributed by atoms with Crippen LogP contribution >= 0.6 is 0 Å². The molecular weight excluding hydrogens is 322 g/mol. The summed E-state index contributed by atoms with van der Waals surface area (Å²) in [5, 5.41) is 41.0. The standard InChI is InChI=1S/C15H17NO8/c17-9-4-1-6-5-7(2-3-8(6)16-9)23-15-12(20)10(18)11(19)13(24-15)14(21)22/h2-3,5,10-13,15,18-20H,1,4H2,(H,16,17)(H,21,22). The Balaban J connectivity index is 1.77.